The number of amides is 1. The quantitative estimate of drug-likeness (QED) is 0.513. The van der Waals surface area contributed by atoms with Gasteiger partial charge in [-0.2, -0.15) is 18.2 Å². The van der Waals surface area contributed by atoms with Crippen molar-refractivity contribution in [2.75, 3.05) is 0 Å². The molecule has 0 bridgehead atoms. The van der Waals surface area contributed by atoms with Crippen LogP contribution in [0.5, 0.6) is 0 Å². The van der Waals surface area contributed by atoms with E-state index >= 15 is 0 Å². The minimum Gasteiger partial charge on any atom is -0.340 e. The molecule has 0 aliphatic rings. The molecule has 0 spiro atoms. The van der Waals surface area contributed by atoms with E-state index < -0.39 is 28.7 Å². The average molecular weight is 451 g/mol. The summed E-state index contributed by atoms with van der Waals surface area (Å²) >= 11 is 5.61. The predicted molar refractivity (Wildman–Crippen MR) is 109 cm³/mol. The summed E-state index contributed by atoms with van der Waals surface area (Å²) in [4.78, 5) is 20.7. The van der Waals surface area contributed by atoms with E-state index in [1.54, 1.807) is 24.5 Å². The first-order valence-corrected chi connectivity index (χ1v) is 9.62. The summed E-state index contributed by atoms with van der Waals surface area (Å²) in [6.07, 6.45) is 1.02. The van der Waals surface area contributed by atoms with Crippen LogP contribution in [-0.4, -0.2) is 21.0 Å². The second kappa shape index (κ2) is 9.30. The number of nitrogens with zero attached hydrogens (tertiary/aromatic N) is 3. The monoisotopic (exact) mass is 450 g/mol. The number of benzene rings is 1. The van der Waals surface area contributed by atoms with Gasteiger partial charge in [-0.15, -0.1) is 0 Å². The second-order valence-electron chi connectivity index (χ2n) is 7.00. The van der Waals surface area contributed by atoms with Gasteiger partial charge in [-0.1, -0.05) is 36.7 Å². The second-order valence-corrected chi connectivity index (χ2v) is 7.41. The molecule has 31 heavy (non-hydrogen) atoms. The van der Waals surface area contributed by atoms with E-state index in [-0.39, 0.29) is 17.4 Å². The van der Waals surface area contributed by atoms with Gasteiger partial charge in [-0.05, 0) is 41.8 Å². The minimum atomic E-state index is -4.59. The van der Waals surface area contributed by atoms with Crippen LogP contribution in [0.1, 0.15) is 36.9 Å². The molecule has 3 rings (SSSR count). The van der Waals surface area contributed by atoms with Crippen molar-refractivity contribution in [2.24, 2.45) is 5.92 Å². The van der Waals surface area contributed by atoms with Gasteiger partial charge in [0.05, 0.1) is 10.6 Å². The first kappa shape index (κ1) is 22.5. The van der Waals surface area contributed by atoms with Crippen molar-refractivity contribution >= 4 is 23.6 Å². The highest BCUT2D eigenvalue weighted by Crippen LogP contribution is 2.35. The lowest BCUT2D eigenvalue weighted by Crippen LogP contribution is -2.30. The van der Waals surface area contributed by atoms with E-state index in [1.807, 2.05) is 13.8 Å². The Balaban J connectivity index is 1.74. The van der Waals surface area contributed by atoms with Gasteiger partial charge < -0.3 is 9.84 Å². The molecule has 0 saturated carbocycles. The van der Waals surface area contributed by atoms with Crippen LogP contribution in [-0.2, 0) is 11.0 Å². The summed E-state index contributed by atoms with van der Waals surface area (Å²) in [6.45, 7) is 3.72. The molecule has 1 atom stereocenters. The summed E-state index contributed by atoms with van der Waals surface area (Å²) in [7, 11) is 0. The highest BCUT2D eigenvalue weighted by atomic mass is 35.5. The van der Waals surface area contributed by atoms with Gasteiger partial charge in [0.25, 0.3) is 0 Å². The number of nitrogens with one attached hydrogen (secondary N) is 1. The molecule has 162 valence electrons. The molecular weight excluding hydrogens is 433 g/mol. The highest BCUT2D eigenvalue weighted by molar-refractivity contribution is 6.31. The molecule has 1 unspecified atom stereocenters. The number of rotatable bonds is 6. The number of pyridine rings is 1. The lowest BCUT2D eigenvalue weighted by atomic mass is 10.0. The van der Waals surface area contributed by atoms with Gasteiger partial charge in [-0.25, -0.2) is 0 Å². The zero-order valence-corrected chi connectivity index (χ0v) is 17.3. The van der Waals surface area contributed by atoms with E-state index in [0.29, 0.717) is 11.4 Å². The van der Waals surface area contributed by atoms with Crippen molar-refractivity contribution in [1.29, 1.82) is 0 Å². The molecular formula is C21H18ClF3N4O2. The Bertz CT molecular complexity index is 1080. The summed E-state index contributed by atoms with van der Waals surface area (Å²) in [5, 5.41) is 6.25. The molecule has 0 radical (unpaired) electrons. The summed E-state index contributed by atoms with van der Waals surface area (Å²) < 4.78 is 44.3. The first-order valence-electron chi connectivity index (χ1n) is 9.24. The van der Waals surface area contributed by atoms with Crippen molar-refractivity contribution in [2.45, 2.75) is 26.1 Å². The third-order valence-electron chi connectivity index (χ3n) is 4.31. The maximum absolute atomic E-state index is 13.0. The Morgan fingerprint density at radius 3 is 2.68 bits per heavy atom. The van der Waals surface area contributed by atoms with Gasteiger partial charge >= 0.3 is 6.18 Å². The van der Waals surface area contributed by atoms with Crippen LogP contribution in [0.4, 0.5) is 13.2 Å². The highest BCUT2D eigenvalue weighted by Gasteiger charge is 2.33. The van der Waals surface area contributed by atoms with Crippen LogP contribution in [0.25, 0.3) is 17.5 Å². The SMILES string of the molecule is CC(C)C(NC(=O)/C=C/c1ccc(Cl)c(C(F)(F)F)c1)c1nc(-c2cccnc2)no1. The van der Waals surface area contributed by atoms with Crippen LogP contribution >= 0.6 is 11.6 Å². The van der Waals surface area contributed by atoms with Crippen molar-refractivity contribution in [3.63, 3.8) is 0 Å². The standard InChI is InChI=1S/C21H18ClF3N4O2/c1-12(2)18(20-28-19(29-31-20)14-4-3-9-26-11-14)27-17(30)8-6-13-5-7-16(22)15(10-13)21(23,24)25/h3-12,18H,1-2H3,(H,27,30)/b8-6+. The number of hydrogen-bond donors (Lipinski definition) is 1. The Morgan fingerprint density at radius 1 is 1.26 bits per heavy atom. The maximum atomic E-state index is 13.0. The fraction of sp³-hybridized carbons (Fsp3) is 0.238. The van der Waals surface area contributed by atoms with Crippen molar-refractivity contribution < 1.29 is 22.5 Å². The van der Waals surface area contributed by atoms with Gasteiger partial charge in [-0.3, -0.25) is 9.78 Å². The van der Waals surface area contributed by atoms with Gasteiger partial charge in [0.1, 0.15) is 6.04 Å². The lowest BCUT2D eigenvalue weighted by molar-refractivity contribution is -0.137. The molecule has 6 nitrogen and oxygen atoms in total. The fourth-order valence-electron chi connectivity index (χ4n) is 2.72. The van der Waals surface area contributed by atoms with E-state index in [1.165, 1.54) is 12.1 Å². The number of alkyl halides is 3. The van der Waals surface area contributed by atoms with E-state index in [0.717, 1.165) is 18.2 Å². The topological polar surface area (TPSA) is 80.9 Å². The summed E-state index contributed by atoms with van der Waals surface area (Å²) in [5.74, 6) is -0.0731. The van der Waals surface area contributed by atoms with Gasteiger partial charge in [0, 0.05) is 24.0 Å². The number of aromatic nitrogens is 3. The Labute approximate surface area is 181 Å². The Morgan fingerprint density at radius 2 is 2.03 bits per heavy atom. The molecule has 1 aromatic carbocycles. The minimum absolute atomic E-state index is 0.0908. The Hall–Kier alpha value is -3.20. The number of carbonyl (C=O) groups is 1. The van der Waals surface area contributed by atoms with Crippen LogP contribution in [0.15, 0.2) is 53.3 Å². The zero-order chi connectivity index (χ0) is 22.6. The zero-order valence-electron chi connectivity index (χ0n) is 16.5. The third kappa shape index (κ3) is 5.69. The first-order chi connectivity index (χ1) is 14.6. The molecule has 2 aromatic heterocycles. The average Bonchev–Trinajstić information content (AvgIpc) is 3.21. The molecule has 0 saturated heterocycles. The molecule has 10 heteroatoms. The molecule has 3 aromatic rings. The molecule has 1 amide bonds. The van der Waals surface area contributed by atoms with Crippen molar-refractivity contribution in [3.8, 4) is 11.4 Å². The predicted octanol–water partition coefficient (Wildman–Crippen LogP) is 5.33. The number of carbonyl (C=O) groups excluding carboxylic acids is 1. The molecule has 0 aliphatic heterocycles. The lowest BCUT2D eigenvalue weighted by Gasteiger charge is -2.17. The molecule has 1 N–H and O–H groups in total. The van der Waals surface area contributed by atoms with Gasteiger partial charge in [0.2, 0.25) is 17.6 Å². The summed E-state index contributed by atoms with van der Waals surface area (Å²) in [6, 6.07) is 6.32. The van der Waals surface area contributed by atoms with E-state index in [9.17, 15) is 18.0 Å². The van der Waals surface area contributed by atoms with Crippen LogP contribution in [0.3, 0.4) is 0 Å². The molecule has 2 heterocycles. The van der Waals surface area contributed by atoms with E-state index in [4.69, 9.17) is 16.1 Å². The maximum Gasteiger partial charge on any atom is 0.417 e. The molecule has 0 fully saturated rings. The summed E-state index contributed by atoms with van der Waals surface area (Å²) in [5.41, 5.74) is -0.121. The smallest absolute Gasteiger partial charge is 0.340 e. The largest absolute Gasteiger partial charge is 0.417 e. The van der Waals surface area contributed by atoms with Crippen LogP contribution < -0.4 is 5.32 Å². The van der Waals surface area contributed by atoms with Crippen LogP contribution in [0.2, 0.25) is 5.02 Å². The van der Waals surface area contributed by atoms with Gasteiger partial charge in [0.15, 0.2) is 0 Å². The van der Waals surface area contributed by atoms with E-state index in [2.05, 4.69) is 20.4 Å². The third-order valence-corrected chi connectivity index (χ3v) is 4.64. The fourth-order valence-corrected chi connectivity index (χ4v) is 2.95. The van der Waals surface area contributed by atoms with Crippen molar-refractivity contribution in [1.82, 2.24) is 20.4 Å². The van der Waals surface area contributed by atoms with Crippen LogP contribution in [0, 0.1) is 5.92 Å². The van der Waals surface area contributed by atoms with Crippen molar-refractivity contribution in [3.05, 3.63) is 70.8 Å². The molecule has 0 aliphatic carbocycles. The number of hydrogen-bond acceptors (Lipinski definition) is 5. The normalized spacial score (nSPS) is 13.0. The Kier molecular flexibility index (Phi) is 6.74. The number of halogens is 4.